The minimum atomic E-state index is -0.225. The van der Waals surface area contributed by atoms with Crippen LogP contribution in [-0.2, 0) is 4.79 Å². The summed E-state index contributed by atoms with van der Waals surface area (Å²) in [5, 5.41) is 0.516. The molecule has 6 heteroatoms. The van der Waals surface area contributed by atoms with Crippen LogP contribution in [0.25, 0.3) is 11.0 Å². The molecule has 1 aromatic carbocycles. The predicted octanol–water partition coefficient (Wildman–Crippen LogP) is 1.73. The third kappa shape index (κ3) is 2.65. The Labute approximate surface area is 110 Å². The lowest BCUT2D eigenvalue weighted by Crippen LogP contribution is -2.37. The number of nitrogens with one attached hydrogen (secondary N) is 2. The monoisotopic (exact) mass is 264 g/mol. The highest BCUT2D eigenvalue weighted by atomic mass is 32.2. The summed E-state index contributed by atoms with van der Waals surface area (Å²) >= 11 is 1.39. The molecule has 1 aromatic heterocycles. The highest BCUT2D eigenvalue weighted by Gasteiger charge is 2.18. The van der Waals surface area contributed by atoms with Crippen molar-refractivity contribution >= 4 is 28.7 Å². The van der Waals surface area contributed by atoms with Crippen molar-refractivity contribution in [2.45, 2.75) is 30.7 Å². The zero-order valence-electron chi connectivity index (χ0n) is 10.4. The SMILES string of the molecule is CCC(Sc1nc2ccc(C)cc2[nH]1)C(=O)NN. The van der Waals surface area contributed by atoms with E-state index in [1.807, 2.05) is 32.0 Å². The molecule has 0 aliphatic carbocycles. The Hall–Kier alpha value is -1.53. The number of aromatic amines is 1. The van der Waals surface area contributed by atoms with Gasteiger partial charge in [-0.25, -0.2) is 10.8 Å². The quantitative estimate of drug-likeness (QED) is 0.340. The number of thioether (sulfide) groups is 1. The fourth-order valence-electron chi connectivity index (χ4n) is 1.71. The molecule has 4 N–H and O–H groups in total. The van der Waals surface area contributed by atoms with Crippen LogP contribution in [0, 0.1) is 6.92 Å². The number of amides is 1. The van der Waals surface area contributed by atoms with Gasteiger partial charge in [-0.1, -0.05) is 24.8 Å². The Bertz CT molecular complexity index is 566. The zero-order chi connectivity index (χ0) is 13.1. The number of imidazole rings is 1. The summed E-state index contributed by atoms with van der Waals surface area (Å²) in [7, 11) is 0. The Morgan fingerprint density at radius 2 is 2.39 bits per heavy atom. The van der Waals surface area contributed by atoms with Gasteiger partial charge < -0.3 is 4.98 Å². The smallest absolute Gasteiger partial charge is 0.247 e. The standard InChI is InChI=1S/C12H16N4OS/c1-3-10(11(17)16-13)18-12-14-8-5-4-7(2)6-9(8)15-12/h4-6,10H,3,13H2,1-2H3,(H,14,15)(H,16,17). The van der Waals surface area contributed by atoms with E-state index in [2.05, 4.69) is 15.4 Å². The largest absolute Gasteiger partial charge is 0.333 e. The molecule has 0 aliphatic rings. The van der Waals surface area contributed by atoms with Crippen molar-refractivity contribution in [2.75, 3.05) is 0 Å². The van der Waals surface area contributed by atoms with Gasteiger partial charge >= 0.3 is 0 Å². The molecule has 0 radical (unpaired) electrons. The average molecular weight is 264 g/mol. The Balaban J connectivity index is 2.23. The minimum Gasteiger partial charge on any atom is -0.333 e. The fraction of sp³-hybridized carbons (Fsp3) is 0.333. The highest BCUT2D eigenvalue weighted by Crippen LogP contribution is 2.25. The van der Waals surface area contributed by atoms with Gasteiger partial charge in [-0.2, -0.15) is 0 Å². The summed E-state index contributed by atoms with van der Waals surface area (Å²) < 4.78 is 0. The van der Waals surface area contributed by atoms with Crippen molar-refractivity contribution in [3.8, 4) is 0 Å². The molecule has 0 saturated heterocycles. The van der Waals surface area contributed by atoms with Crippen LogP contribution < -0.4 is 11.3 Å². The topological polar surface area (TPSA) is 83.8 Å². The maximum atomic E-state index is 11.5. The average Bonchev–Trinajstić information content (AvgIpc) is 2.76. The van der Waals surface area contributed by atoms with Crippen LogP contribution in [0.15, 0.2) is 23.4 Å². The van der Waals surface area contributed by atoms with Crippen molar-refractivity contribution in [3.05, 3.63) is 23.8 Å². The number of carbonyl (C=O) groups excluding carboxylic acids is 1. The van der Waals surface area contributed by atoms with Crippen molar-refractivity contribution < 1.29 is 4.79 Å². The van der Waals surface area contributed by atoms with Crippen LogP contribution in [0.4, 0.5) is 0 Å². The molecule has 1 atom stereocenters. The number of aryl methyl sites for hydroxylation is 1. The lowest BCUT2D eigenvalue weighted by atomic mass is 10.2. The van der Waals surface area contributed by atoms with Gasteiger partial charge in [0.2, 0.25) is 5.91 Å². The molecular weight excluding hydrogens is 248 g/mol. The molecule has 2 rings (SSSR count). The Morgan fingerprint density at radius 3 is 3.06 bits per heavy atom. The molecule has 0 fully saturated rings. The molecule has 0 aliphatic heterocycles. The van der Waals surface area contributed by atoms with Gasteiger partial charge in [-0.05, 0) is 31.0 Å². The number of hydrogen-bond acceptors (Lipinski definition) is 4. The number of aromatic nitrogens is 2. The van der Waals surface area contributed by atoms with E-state index in [9.17, 15) is 4.79 Å². The van der Waals surface area contributed by atoms with E-state index in [0.29, 0.717) is 6.42 Å². The molecular formula is C12H16N4OS. The van der Waals surface area contributed by atoms with Gasteiger partial charge in [-0.15, -0.1) is 0 Å². The van der Waals surface area contributed by atoms with Crippen molar-refractivity contribution in [3.63, 3.8) is 0 Å². The summed E-state index contributed by atoms with van der Waals surface area (Å²) in [4.78, 5) is 19.2. The summed E-state index contributed by atoms with van der Waals surface area (Å²) in [6, 6.07) is 6.02. The van der Waals surface area contributed by atoms with Gasteiger partial charge in [0.05, 0.1) is 16.3 Å². The van der Waals surface area contributed by atoms with Crippen LogP contribution in [0.3, 0.4) is 0 Å². The van der Waals surface area contributed by atoms with Gasteiger partial charge in [-0.3, -0.25) is 10.2 Å². The first-order chi connectivity index (χ1) is 8.63. The van der Waals surface area contributed by atoms with Crippen LogP contribution in [0.5, 0.6) is 0 Å². The molecule has 1 amide bonds. The molecule has 2 aromatic rings. The van der Waals surface area contributed by atoms with Gasteiger partial charge in [0.25, 0.3) is 0 Å². The van der Waals surface area contributed by atoms with Crippen LogP contribution in [0.2, 0.25) is 0 Å². The normalized spacial score (nSPS) is 12.6. The number of H-pyrrole nitrogens is 1. The van der Waals surface area contributed by atoms with Gasteiger partial charge in [0, 0.05) is 0 Å². The van der Waals surface area contributed by atoms with Crippen molar-refractivity contribution in [2.24, 2.45) is 5.84 Å². The summed E-state index contributed by atoms with van der Waals surface area (Å²) in [5.74, 6) is 4.97. The van der Waals surface area contributed by atoms with Crippen LogP contribution in [0.1, 0.15) is 18.9 Å². The number of hydrazine groups is 1. The van der Waals surface area contributed by atoms with Gasteiger partial charge in [0.1, 0.15) is 0 Å². The third-order valence-electron chi connectivity index (χ3n) is 2.68. The predicted molar refractivity (Wildman–Crippen MR) is 73.1 cm³/mol. The number of fused-ring (bicyclic) bond motifs is 1. The van der Waals surface area contributed by atoms with E-state index < -0.39 is 0 Å². The number of rotatable bonds is 4. The second-order valence-electron chi connectivity index (χ2n) is 4.09. The van der Waals surface area contributed by atoms with E-state index in [4.69, 9.17) is 5.84 Å². The first-order valence-corrected chi connectivity index (χ1v) is 6.65. The van der Waals surface area contributed by atoms with Crippen LogP contribution >= 0.6 is 11.8 Å². The Kier molecular flexibility index (Phi) is 3.88. The number of hydrogen-bond donors (Lipinski definition) is 3. The first-order valence-electron chi connectivity index (χ1n) is 5.77. The molecule has 0 spiro atoms. The molecule has 0 bridgehead atoms. The second kappa shape index (κ2) is 5.41. The highest BCUT2D eigenvalue weighted by molar-refractivity contribution is 8.00. The number of benzene rings is 1. The third-order valence-corrected chi connectivity index (χ3v) is 3.92. The van der Waals surface area contributed by atoms with E-state index >= 15 is 0 Å². The van der Waals surface area contributed by atoms with Crippen molar-refractivity contribution in [1.82, 2.24) is 15.4 Å². The van der Waals surface area contributed by atoms with E-state index in [1.165, 1.54) is 17.3 Å². The molecule has 0 saturated carbocycles. The number of carbonyl (C=O) groups is 1. The maximum absolute atomic E-state index is 11.5. The molecule has 1 heterocycles. The zero-order valence-corrected chi connectivity index (χ0v) is 11.2. The maximum Gasteiger partial charge on any atom is 0.247 e. The number of nitrogens with zero attached hydrogens (tertiary/aromatic N) is 1. The van der Waals surface area contributed by atoms with Gasteiger partial charge in [0.15, 0.2) is 5.16 Å². The summed E-state index contributed by atoms with van der Waals surface area (Å²) in [5.41, 5.74) is 5.25. The summed E-state index contributed by atoms with van der Waals surface area (Å²) in [6.07, 6.45) is 0.698. The van der Waals surface area contributed by atoms with Crippen LogP contribution in [-0.4, -0.2) is 21.1 Å². The summed E-state index contributed by atoms with van der Waals surface area (Å²) in [6.45, 7) is 3.98. The molecule has 1 unspecified atom stereocenters. The van der Waals surface area contributed by atoms with E-state index in [-0.39, 0.29) is 11.2 Å². The molecule has 96 valence electrons. The first kappa shape index (κ1) is 12.9. The molecule has 5 nitrogen and oxygen atoms in total. The minimum absolute atomic E-state index is 0.181. The van der Waals surface area contributed by atoms with E-state index in [0.717, 1.165) is 16.2 Å². The van der Waals surface area contributed by atoms with Crippen molar-refractivity contribution in [1.29, 1.82) is 0 Å². The molecule has 18 heavy (non-hydrogen) atoms. The lowest BCUT2D eigenvalue weighted by Gasteiger charge is -2.09. The Morgan fingerprint density at radius 1 is 1.61 bits per heavy atom. The second-order valence-corrected chi connectivity index (χ2v) is 5.28. The lowest BCUT2D eigenvalue weighted by molar-refractivity contribution is -0.120. The van der Waals surface area contributed by atoms with E-state index in [1.54, 1.807) is 0 Å². The number of nitrogens with two attached hydrogens (primary N) is 1. The fourth-order valence-corrected chi connectivity index (χ4v) is 2.64.